The maximum absolute atomic E-state index is 14.0. The fourth-order valence-electron chi connectivity index (χ4n) is 2.46. The van der Waals surface area contributed by atoms with Gasteiger partial charge >= 0.3 is 18.1 Å². The van der Waals surface area contributed by atoms with Crippen molar-refractivity contribution in [2.75, 3.05) is 32.5 Å². The van der Waals surface area contributed by atoms with Gasteiger partial charge in [0.15, 0.2) is 0 Å². The molecule has 1 aliphatic heterocycles. The van der Waals surface area contributed by atoms with E-state index in [2.05, 4.69) is 9.47 Å². The minimum atomic E-state index is -5.19. The van der Waals surface area contributed by atoms with E-state index >= 15 is 0 Å². The van der Waals surface area contributed by atoms with Crippen LogP contribution in [0, 0.1) is 15.9 Å². The van der Waals surface area contributed by atoms with E-state index in [4.69, 9.17) is 4.74 Å². The normalized spacial score (nSPS) is 14.7. The number of alkyl halides is 3. The molecule has 1 aliphatic rings. The molecule has 2 rings (SSSR count). The largest absolute Gasteiger partial charge is 0.466 e. The number of benzene rings is 1. The molecule has 0 amide bonds. The van der Waals surface area contributed by atoms with E-state index in [1.165, 1.54) is 0 Å². The first-order valence-corrected chi connectivity index (χ1v) is 7.33. The van der Waals surface area contributed by atoms with Crippen LogP contribution >= 0.6 is 0 Å². The summed E-state index contributed by atoms with van der Waals surface area (Å²) >= 11 is 0. The lowest BCUT2D eigenvalue weighted by Crippen LogP contribution is -2.39. The molecule has 0 bridgehead atoms. The summed E-state index contributed by atoms with van der Waals surface area (Å²) in [5.74, 6) is -4.01. The summed E-state index contributed by atoms with van der Waals surface area (Å²) in [7, 11) is 1.93. The van der Waals surface area contributed by atoms with Gasteiger partial charge in [-0.15, -0.1) is 0 Å². The topological polar surface area (TPSA) is 108 Å². The average molecular weight is 408 g/mol. The van der Waals surface area contributed by atoms with Gasteiger partial charge in [-0.1, -0.05) is 0 Å². The number of methoxy groups -OCH3 is 2. The number of rotatable bonds is 4. The molecule has 1 aromatic rings. The number of carbonyl (C=O) groups excluding carboxylic acids is 2. The van der Waals surface area contributed by atoms with Gasteiger partial charge in [-0.05, 0) is 0 Å². The highest BCUT2D eigenvalue weighted by Crippen LogP contribution is 2.40. The Balaban J connectivity index is 2.77. The lowest BCUT2D eigenvalue weighted by molar-refractivity contribution is -0.384. The first-order valence-electron chi connectivity index (χ1n) is 7.33. The van der Waals surface area contributed by atoms with Gasteiger partial charge in [0.25, 0.3) is 5.69 Å². The first-order chi connectivity index (χ1) is 13.0. The number of halogens is 4. The Morgan fingerprint density at radius 1 is 1.21 bits per heavy atom. The minimum Gasteiger partial charge on any atom is -0.466 e. The molecule has 0 N–H and O–H groups in total. The number of hydrogen-bond donors (Lipinski definition) is 0. The van der Waals surface area contributed by atoms with Crippen LogP contribution in [0.25, 0.3) is 0 Å². The van der Waals surface area contributed by atoms with Gasteiger partial charge in [0, 0.05) is 12.1 Å². The van der Waals surface area contributed by atoms with Crippen molar-refractivity contribution >= 4 is 23.3 Å². The number of esters is 2. The van der Waals surface area contributed by atoms with Crippen LogP contribution in [0.2, 0.25) is 0 Å². The SMILES string of the molecule is COC(=O)C1=C(C(=O)OC)N(c2cc(F)c(C(F)(F)F)cc2[N+](=O)[O-])COC1. The van der Waals surface area contributed by atoms with Crippen LogP contribution in [-0.2, 0) is 30.0 Å². The second-order valence-corrected chi connectivity index (χ2v) is 5.29. The average Bonchev–Trinajstić information content (AvgIpc) is 2.64. The van der Waals surface area contributed by atoms with Crippen LogP contribution in [0.1, 0.15) is 5.56 Å². The molecule has 0 fully saturated rings. The predicted octanol–water partition coefficient (Wildman–Crippen LogP) is 2.15. The maximum atomic E-state index is 14.0. The van der Waals surface area contributed by atoms with Crippen molar-refractivity contribution in [2.45, 2.75) is 6.18 Å². The summed E-state index contributed by atoms with van der Waals surface area (Å²) in [4.78, 5) is 34.8. The van der Waals surface area contributed by atoms with Gasteiger partial charge in [-0.3, -0.25) is 10.1 Å². The highest BCUT2D eigenvalue weighted by molar-refractivity contribution is 6.03. The third-order valence-electron chi connectivity index (χ3n) is 3.69. The summed E-state index contributed by atoms with van der Waals surface area (Å²) in [6, 6.07) is 0.222. The fraction of sp³-hybridized carbons (Fsp3) is 0.333. The molecule has 0 radical (unpaired) electrons. The third kappa shape index (κ3) is 3.88. The van der Waals surface area contributed by atoms with Crippen molar-refractivity contribution in [3.05, 3.63) is 44.9 Å². The number of carbonyl (C=O) groups is 2. The van der Waals surface area contributed by atoms with Crippen molar-refractivity contribution in [3.8, 4) is 0 Å². The van der Waals surface area contributed by atoms with Crippen molar-refractivity contribution in [2.24, 2.45) is 0 Å². The molecular formula is C15H12F4N2O7. The van der Waals surface area contributed by atoms with E-state index in [9.17, 15) is 37.3 Å². The van der Waals surface area contributed by atoms with Crippen LogP contribution in [0.15, 0.2) is 23.4 Å². The number of ether oxygens (including phenoxy) is 3. The molecular weight excluding hydrogens is 396 g/mol. The van der Waals surface area contributed by atoms with Crippen LogP contribution in [0.4, 0.5) is 28.9 Å². The molecule has 0 saturated carbocycles. The monoisotopic (exact) mass is 408 g/mol. The number of hydrogen-bond acceptors (Lipinski definition) is 8. The van der Waals surface area contributed by atoms with Crippen molar-refractivity contribution in [1.82, 2.24) is 0 Å². The van der Waals surface area contributed by atoms with Crippen LogP contribution < -0.4 is 4.90 Å². The number of anilines is 1. The summed E-state index contributed by atoms with van der Waals surface area (Å²) in [6.07, 6.45) is -5.19. The molecule has 152 valence electrons. The maximum Gasteiger partial charge on any atom is 0.419 e. The number of nitrogens with zero attached hydrogens (tertiary/aromatic N) is 2. The van der Waals surface area contributed by atoms with E-state index in [1.54, 1.807) is 0 Å². The lowest BCUT2D eigenvalue weighted by atomic mass is 10.1. The molecule has 13 heteroatoms. The van der Waals surface area contributed by atoms with E-state index in [0.717, 1.165) is 14.2 Å². The molecule has 0 spiro atoms. The molecule has 0 atom stereocenters. The number of nitro groups is 1. The highest BCUT2D eigenvalue weighted by Gasteiger charge is 2.40. The Labute approximate surface area is 154 Å². The van der Waals surface area contributed by atoms with Crippen LogP contribution in [0.3, 0.4) is 0 Å². The predicted molar refractivity (Wildman–Crippen MR) is 82.4 cm³/mol. The Hall–Kier alpha value is -3.22. The Morgan fingerprint density at radius 3 is 2.32 bits per heavy atom. The van der Waals surface area contributed by atoms with Gasteiger partial charge in [0.05, 0.1) is 36.9 Å². The molecule has 1 heterocycles. The molecule has 0 aliphatic carbocycles. The Kier molecular flexibility index (Phi) is 5.87. The Morgan fingerprint density at radius 2 is 1.82 bits per heavy atom. The molecule has 0 aromatic heterocycles. The highest BCUT2D eigenvalue weighted by atomic mass is 19.4. The standard InChI is InChI=1S/C15H12F4N2O7/c1-26-13(22)7-5-28-6-20(12(7)14(23)27-2)10-4-9(16)8(15(17,18)19)3-11(10)21(24)25/h3-4H,5-6H2,1-2H3. The summed E-state index contributed by atoms with van der Waals surface area (Å²) in [5.41, 5.74) is -4.75. The third-order valence-corrected chi connectivity index (χ3v) is 3.69. The van der Waals surface area contributed by atoms with E-state index in [0.29, 0.717) is 4.90 Å². The summed E-state index contributed by atoms with van der Waals surface area (Å²) in [5, 5.41) is 11.3. The second-order valence-electron chi connectivity index (χ2n) is 5.29. The zero-order valence-electron chi connectivity index (χ0n) is 14.3. The zero-order valence-corrected chi connectivity index (χ0v) is 14.3. The van der Waals surface area contributed by atoms with Gasteiger partial charge in [0.2, 0.25) is 0 Å². The first kappa shape index (κ1) is 21.1. The van der Waals surface area contributed by atoms with Crippen molar-refractivity contribution < 1.29 is 46.3 Å². The minimum absolute atomic E-state index is 0.00795. The smallest absolute Gasteiger partial charge is 0.419 e. The molecule has 9 nitrogen and oxygen atoms in total. The van der Waals surface area contributed by atoms with Crippen LogP contribution in [0.5, 0.6) is 0 Å². The van der Waals surface area contributed by atoms with Crippen molar-refractivity contribution in [3.63, 3.8) is 0 Å². The van der Waals surface area contributed by atoms with Crippen molar-refractivity contribution in [1.29, 1.82) is 0 Å². The molecule has 0 saturated heterocycles. The second kappa shape index (κ2) is 7.80. The van der Waals surface area contributed by atoms with E-state index in [1.807, 2.05) is 0 Å². The van der Waals surface area contributed by atoms with Gasteiger partial charge < -0.3 is 19.1 Å². The fourth-order valence-corrected chi connectivity index (χ4v) is 2.46. The van der Waals surface area contributed by atoms with Gasteiger partial charge in [-0.2, -0.15) is 13.2 Å². The van der Waals surface area contributed by atoms with E-state index in [-0.39, 0.29) is 12.1 Å². The van der Waals surface area contributed by atoms with E-state index < -0.39 is 70.4 Å². The summed E-state index contributed by atoms with van der Waals surface area (Å²) in [6.45, 7) is -1.04. The molecule has 1 aromatic carbocycles. The quantitative estimate of drug-likeness (QED) is 0.323. The summed E-state index contributed by atoms with van der Waals surface area (Å²) < 4.78 is 66.8. The van der Waals surface area contributed by atoms with Gasteiger partial charge in [-0.25, -0.2) is 14.0 Å². The van der Waals surface area contributed by atoms with Crippen LogP contribution in [-0.4, -0.2) is 44.4 Å². The lowest BCUT2D eigenvalue weighted by Gasteiger charge is -2.31. The molecule has 28 heavy (non-hydrogen) atoms. The molecule has 0 unspecified atom stereocenters. The zero-order chi connectivity index (χ0) is 21.2. The van der Waals surface area contributed by atoms with Gasteiger partial charge in [0.1, 0.15) is 23.9 Å². The number of nitro benzene ring substituents is 1. The Bertz CT molecular complexity index is 867.